The Bertz CT molecular complexity index is 1200. The molecule has 146 valence electrons. The molecule has 0 bridgehead atoms. The first-order valence-corrected chi connectivity index (χ1v) is 9.89. The van der Waals surface area contributed by atoms with Gasteiger partial charge in [-0.05, 0) is 35.9 Å². The van der Waals surface area contributed by atoms with Crippen LogP contribution in [-0.2, 0) is 6.42 Å². The minimum atomic E-state index is -0.428. The van der Waals surface area contributed by atoms with Crippen molar-refractivity contribution in [2.45, 2.75) is 12.3 Å². The third kappa shape index (κ3) is 4.01. The van der Waals surface area contributed by atoms with Crippen LogP contribution in [0.5, 0.6) is 5.75 Å². The molecule has 0 radical (unpaired) electrons. The SMILES string of the molecule is Oc1c(C(Cc2ccc(F)cn2)c2cc(Cl)cc(Cl)c2Cl)ccc2cccnc12. The Hall–Kier alpha value is -2.40. The van der Waals surface area contributed by atoms with E-state index in [-0.39, 0.29) is 5.75 Å². The highest BCUT2D eigenvalue weighted by molar-refractivity contribution is 6.43. The summed E-state index contributed by atoms with van der Waals surface area (Å²) in [4.78, 5) is 8.45. The molecular formula is C22H14Cl3FN2O. The molecule has 2 heterocycles. The van der Waals surface area contributed by atoms with Gasteiger partial charge in [-0.2, -0.15) is 0 Å². The molecule has 4 rings (SSSR count). The first-order chi connectivity index (χ1) is 13.9. The van der Waals surface area contributed by atoms with Crippen LogP contribution in [0.25, 0.3) is 10.9 Å². The first kappa shape index (κ1) is 19.9. The summed E-state index contributed by atoms with van der Waals surface area (Å²) in [6.07, 6.45) is 3.12. The zero-order chi connectivity index (χ0) is 20.5. The number of pyridine rings is 2. The van der Waals surface area contributed by atoms with Crippen molar-refractivity contribution in [2.24, 2.45) is 0 Å². The predicted octanol–water partition coefficient (Wildman–Crippen LogP) is 6.81. The van der Waals surface area contributed by atoms with Gasteiger partial charge in [0.05, 0.1) is 16.2 Å². The summed E-state index contributed by atoms with van der Waals surface area (Å²) >= 11 is 19.0. The van der Waals surface area contributed by atoms with Crippen molar-refractivity contribution in [1.29, 1.82) is 0 Å². The van der Waals surface area contributed by atoms with Gasteiger partial charge >= 0.3 is 0 Å². The molecule has 2 aromatic carbocycles. The summed E-state index contributed by atoms with van der Waals surface area (Å²) in [5.74, 6) is -0.808. The standard InChI is InChI=1S/C22H14Cl3FN2O/c23-13-8-18(20(25)19(24)9-13)17(10-15-5-4-14(26)11-28-15)16-6-3-12-2-1-7-27-21(12)22(16)29/h1-9,11,17,29H,10H2. The van der Waals surface area contributed by atoms with Crippen LogP contribution in [0.15, 0.2) is 60.9 Å². The van der Waals surface area contributed by atoms with Gasteiger partial charge in [0.1, 0.15) is 17.1 Å². The number of halogens is 4. The van der Waals surface area contributed by atoms with Gasteiger partial charge in [0.2, 0.25) is 0 Å². The predicted molar refractivity (Wildman–Crippen MR) is 115 cm³/mol. The smallest absolute Gasteiger partial charge is 0.145 e. The Morgan fingerprint density at radius 2 is 1.79 bits per heavy atom. The van der Waals surface area contributed by atoms with E-state index in [4.69, 9.17) is 34.8 Å². The summed E-state index contributed by atoms with van der Waals surface area (Å²) in [5, 5.41) is 12.9. The van der Waals surface area contributed by atoms with Gasteiger partial charge in [-0.25, -0.2) is 4.39 Å². The summed E-state index contributed by atoms with van der Waals surface area (Å²) < 4.78 is 13.3. The number of benzene rings is 2. The molecule has 7 heteroatoms. The van der Waals surface area contributed by atoms with Crippen LogP contribution in [0.2, 0.25) is 15.1 Å². The van der Waals surface area contributed by atoms with Crippen LogP contribution < -0.4 is 0 Å². The molecule has 0 saturated heterocycles. The van der Waals surface area contributed by atoms with Crippen LogP contribution in [0.1, 0.15) is 22.7 Å². The van der Waals surface area contributed by atoms with Gasteiger partial charge in [0, 0.05) is 40.2 Å². The molecule has 0 aliphatic heterocycles. The number of hydrogen-bond acceptors (Lipinski definition) is 3. The van der Waals surface area contributed by atoms with Crippen LogP contribution in [0.4, 0.5) is 4.39 Å². The molecule has 3 nitrogen and oxygen atoms in total. The molecule has 1 N–H and O–H groups in total. The molecule has 1 atom stereocenters. The van der Waals surface area contributed by atoms with Gasteiger partial charge in [0.25, 0.3) is 0 Å². The maximum Gasteiger partial charge on any atom is 0.145 e. The van der Waals surface area contributed by atoms with E-state index in [9.17, 15) is 9.50 Å². The van der Waals surface area contributed by atoms with Gasteiger partial charge in [-0.1, -0.05) is 53.0 Å². The lowest BCUT2D eigenvalue weighted by molar-refractivity contribution is 0.469. The van der Waals surface area contributed by atoms with Crippen molar-refractivity contribution in [1.82, 2.24) is 9.97 Å². The van der Waals surface area contributed by atoms with E-state index in [0.717, 1.165) is 11.6 Å². The van der Waals surface area contributed by atoms with E-state index in [1.807, 2.05) is 18.2 Å². The number of phenolic OH excluding ortho intramolecular Hbond substituents is 1. The summed E-state index contributed by atoms with van der Waals surface area (Å²) in [6.45, 7) is 0. The van der Waals surface area contributed by atoms with Crippen LogP contribution >= 0.6 is 34.8 Å². The van der Waals surface area contributed by atoms with Gasteiger partial charge in [0.15, 0.2) is 0 Å². The fourth-order valence-corrected chi connectivity index (χ4v) is 4.13. The monoisotopic (exact) mass is 446 g/mol. The molecular weight excluding hydrogens is 434 g/mol. The van der Waals surface area contributed by atoms with E-state index in [2.05, 4.69) is 9.97 Å². The molecule has 1 unspecified atom stereocenters. The molecule has 0 saturated carbocycles. The number of phenols is 1. The van der Waals surface area contributed by atoms with Crippen LogP contribution in [0.3, 0.4) is 0 Å². The Morgan fingerprint density at radius 1 is 0.966 bits per heavy atom. The maximum atomic E-state index is 13.3. The van der Waals surface area contributed by atoms with Crippen molar-refractivity contribution in [3.8, 4) is 5.75 Å². The summed E-state index contributed by atoms with van der Waals surface area (Å²) in [7, 11) is 0. The number of rotatable bonds is 4. The van der Waals surface area contributed by atoms with Gasteiger partial charge in [-0.3, -0.25) is 9.97 Å². The van der Waals surface area contributed by atoms with Crippen LogP contribution in [-0.4, -0.2) is 15.1 Å². The minimum absolute atomic E-state index is 0.0439. The number of hydrogen-bond donors (Lipinski definition) is 1. The summed E-state index contributed by atoms with van der Waals surface area (Å²) in [5.41, 5.74) is 2.35. The molecule has 0 fully saturated rings. The second-order valence-corrected chi connectivity index (χ2v) is 7.82. The van der Waals surface area contributed by atoms with E-state index in [1.54, 1.807) is 30.5 Å². The highest BCUT2D eigenvalue weighted by atomic mass is 35.5. The number of fused-ring (bicyclic) bond motifs is 1. The largest absolute Gasteiger partial charge is 0.505 e. The van der Waals surface area contributed by atoms with E-state index >= 15 is 0 Å². The van der Waals surface area contributed by atoms with Gasteiger partial charge in [-0.15, -0.1) is 0 Å². The minimum Gasteiger partial charge on any atom is -0.505 e. The third-order valence-electron chi connectivity index (χ3n) is 4.75. The lowest BCUT2D eigenvalue weighted by Crippen LogP contribution is -2.08. The lowest BCUT2D eigenvalue weighted by atomic mass is 9.86. The highest BCUT2D eigenvalue weighted by Crippen LogP contribution is 2.42. The average Bonchev–Trinajstić information content (AvgIpc) is 2.71. The fourth-order valence-electron chi connectivity index (χ4n) is 3.38. The number of aromatic nitrogens is 2. The van der Waals surface area contributed by atoms with Gasteiger partial charge < -0.3 is 5.11 Å². The maximum absolute atomic E-state index is 13.3. The second kappa shape index (κ2) is 8.15. The Kier molecular flexibility index (Phi) is 5.59. The molecule has 0 spiro atoms. The Balaban J connectivity index is 1.91. The van der Waals surface area contributed by atoms with Crippen molar-refractivity contribution in [3.63, 3.8) is 0 Å². The second-order valence-electron chi connectivity index (χ2n) is 6.59. The molecule has 4 aromatic rings. The van der Waals surface area contributed by atoms with E-state index in [1.165, 1.54) is 6.07 Å². The molecule has 0 aliphatic carbocycles. The topological polar surface area (TPSA) is 46.0 Å². The highest BCUT2D eigenvalue weighted by Gasteiger charge is 2.24. The van der Waals surface area contributed by atoms with E-state index < -0.39 is 11.7 Å². The van der Waals surface area contributed by atoms with Crippen molar-refractivity contribution in [2.75, 3.05) is 0 Å². The lowest BCUT2D eigenvalue weighted by Gasteiger charge is -2.21. The van der Waals surface area contributed by atoms with E-state index in [0.29, 0.717) is 43.8 Å². The van der Waals surface area contributed by atoms with Crippen molar-refractivity contribution in [3.05, 3.63) is 98.6 Å². The van der Waals surface area contributed by atoms with Crippen molar-refractivity contribution < 1.29 is 9.50 Å². The zero-order valence-corrected chi connectivity index (χ0v) is 17.2. The quantitative estimate of drug-likeness (QED) is 0.350. The Labute approximate surface area is 181 Å². The molecule has 29 heavy (non-hydrogen) atoms. The molecule has 0 aliphatic rings. The normalized spacial score (nSPS) is 12.3. The van der Waals surface area contributed by atoms with Crippen molar-refractivity contribution >= 4 is 45.7 Å². The fraction of sp³-hybridized carbons (Fsp3) is 0.0909. The Morgan fingerprint density at radius 3 is 2.55 bits per heavy atom. The molecule has 2 aromatic heterocycles. The van der Waals surface area contributed by atoms with Crippen LogP contribution in [0, 0.1) is 5.82 Å². The number of aromatic hydroxyl groups is 1. The average molecular weight is 448 g/mol. The summed E-state index contributed by atoms with van der Waals surface area (Å²) in [6, 6.07) is 13.6. The first-order valence-electron chi connectivity index (χ1n) is 8.75. The third-order valence-corrected chi connectivity index (χ3v) is 5.79. The number of nitrogens with zero attached hydrogens (tertiary/aromatic N) is 2. The zero-order valence-electron chi connectivity index (χ0n) is 14.9. The molecule has 0 amide bonds.